The van der Waals surface area contributed by atoms with Crippen LogP contribution in [-0.4, -0.2) is 48.5 Å². The number of hydrogen-bond acceptors (Lipinski definition) is 7. The summed E-state index contributed by atoms with van der Waals surface area (Å²) in [6.45, 7) is 10.6. The van der Waals surface area contributed by atoms with Crippen LogP contribution in [0.2, 0.25) is 18.1 Å². The zero-order valence-electron chi connectivity index (χ0n) is 16.9. The van der Waals surface area contributed by atoms with Crippen molar-refractivity contribution in [3.8, 4) is 5.75 Å². The minimum atomic E-state index is -2.19. The zero-order valence-corrected chi connectivity index (χ0v) is 18.7. The van der Waals surface area contributed by atoms with Crippen LogP contribution in [0.25, 0.3) is 0 Å². The molecule has 154 valence electrons. The summed E-state index contributed by atoms with van der Waals surface area (Å²) in [5.41, 5.74) is -1.53. The lowest BCUT2D eigenvalue weighted by Gasteiger charge is -2.44. The first-order valence-electron chi connectivity index (χ1n) is 9.46. The van der Waals surface area contributed by atoms with Crippen molar-refractivity contribution in [2.75, 3.05) is 0 Å². The van der Waals surface area contributed by atoms with Crippen LogP contribution in [0, 0.1) is 0 Å². The zero-order chi connectivity index (χ0) is 20.7. The van der Waals surface area contributed by atoms with Crippen molar-refractivity contribution < 1.29 is 28.5 Å². The molecule has 1 aliphatic heterocycles. The Labute approximate surface area is 172 Å². The summed E-state index contributed by atoms with van der Waals surface area (Å²) in [6.07, 6.45) is -1.49. The molecular formula is C20H28O6SSi. The average Bonchev–Trinajstić information content (AvgIpc) is 2.81. The summed E-state index contributed by atoms with van der Waals surface area (Å²) in [7, 11) is -2.19. The first kappa shape index (κ1) is 21.2. The van der Waals surface area contributed by atoms with Gasteiger partial charge in [0.15, 0.2) is 20.0 Å². The van der Waals surface area contributed by atoms with Crippen LogP contribution in [0.5, 0.6) is 5.75 Å². The molecule has 1 aromatic rings. The van der Waals surface area contributed by atoms with Crippen molar-refractivity contribution in [1.82, 2.24) is 0 Å². The van der Waals surface area contributed by atoms with Crippen molar-refractivity contribution in [2.24, 2.45) is 0 Å². The number of aliphatic hydroxyl groups is 1. The molecule has 1 N–H and O–H groups in total. The largest absolute Gasteiger partial charge is 0.456 e. The first-order chi connectivity index (χ1) is 12.9. The van der Waals surface area contributed by atoms with E-state index in [-0.39, 0.29) is 23.1 Å². The van der Waals surface area contributed by atoms with E-state index in [4.69, 9.17) is 30.9 Å². The predicted octanol–water partition coefficient (Wildman–Crippen LogP) is 3.58. The van der Waals surface area contributed by atoms with Gasteiger partial charge in [0.1, 0.15) is 11.9 Å². The number of fused-ring (bicyclic) bond motifs is 2. The Morgan fingerprint density at radius 1 is 1.25 bits per heavy atom. The molecule has 8 heteroatoms. The molecule has 0 amide bonds. The molecule has 2 bridgehead atoms. The highest BCUT2D eigenvalue weighted by Crippen LogP contribution is 2.44. The third kappa shape index (κ3) is 4.24. The van der Waals surface area contributed by atoms with Crippen LogP contribution in [0.1, 0.15) is 33.6 Å². The van der Waals surface area contributed by atoms with E-state index in [0.29, 0.717) is 5.75 Å². The van der Waals surface area contributed by atoms with Gasteiger partial charge in [-0.1, -0.05) is 39.0 Å². The van der Waals surface area contributed by atoms with Gasteiger partial charge in [-0.2, -0.15) is 0 Å². The summed E-state index contributed by atoms with van der Waals surface area (Å²) in [4.78, 5) is 12.2. The fraction of sp³-hybridized carbons (Fsp3) is 0.600. The fourth-order valence-corrected chi connectivity index (χ4v) is 4.81. The number of thiocarbonyl (C=S) groups is 1. The predicted molar refractivity (Wildman–Crippen MR) is 111 cm³/mol. The van der Waals surface area contributed by atoms with Crippen LogP contribution in [0.4, 0.5) is 0 Å². The van der Waals surface area contributed by atoms with E-state index in [2.05, 4.69) is 33.9 Å². The summed E-state index contributed by atoms with van der Waals surface area (Å²) in [5, 5.41) is 10.6. The van der Waals surface area contributed by atoms with Gasteiger partial charge < -0.3 is 23.7 Å². The maximum Gasteiger partial charge on any atom is 0.358 e. The second kappa shape index (κ2) is 7.40. The highest BCUT2D eigenvalue weighted by molar-refractivity contribution is 7.79. The molecule has 28 heavy (non-hydrogen) atoms. The summed E-state index contributed by atoms with van der Waals surface area (Å²) >= 11 is 5.26. The third-order valence-corrected chi connectivity index (χ3v) is 10.6. The number of para-hydroxylation sites is 1. The van der Waals surface area contributed by atoms with E-state index in [1.807, 2.05) is 18.2 Å². The minimum Gasteiger partial charge on any atom is -0.456 e. The Bertz CT molecular complexity index is 747. The molecule has 0 unspecified atom stereocenters. The van der Waals surface area contributed by atoms with E-state index in [0.717, 1.165) is 0 Å². The quantitative estimate of drug-likeness (QED) is 0.450. The Morgan fingerprint density at radius 2 is 1.89 bits per heavy atom. The van der Waals surface area contributed by atoms with Crippen LogP contribution in [0.3, 0.4) is 0 Å². The first-order valence-corrected chi connectivity index (χ1v) is 12.8. The van der Waals surface area contributed by atoms with Crippen molar-refractivity contribution in [3.63, 3.8) is 0 Å². The van der Waals surface area contributed by atoms with Crippen molar-refractivity contribution in [2.45, 2.75) is 75.7 Å². The number of benzene rings is 1. The molecule has 2 fully saturated rings. The van der Waals surface area contributed by atoms with Gasteiger partial charge in [-0.05, 0) is 30.3 Å². The monoisotopic (exact) mass is 424 g/mol. The minimum absolute atomic E-state index is 0.0391. The van der Waals surface area contributed by atoms with E-state index in [1.165, 1.54) is 0 Å². The van der Waals surface area contributed by atoms with Gasteiger partial charge in [0, 0.05) is 25.1 Å². The molecule has 1 aliphatic carbocycles. The standard InChI is InChI=1S/C20H28O6SSi/c1-19(2,3)28(4,5)26-15-12-20(22)11-14(24-17(20)21)16(15)25-18(27)23-13-9-7-6-8-10-13/h6-10,14-16,22H,11-12H2,1-5H3/t14-,15-,16+,20-/m1/s1. The second-order valence-corrected chi connectivity index (χ2v) is 14.1. The van der Waals surface area contributed by atoms with Gasteiger partial charge in [-0.3, -0.25) is 0 Å². The molecule has 0 spiro atoms. The molecule has 2 aliphatic rings. The van der Waals surface area contributed by atoms with Gasteiger partial charge >= 0.3 is 11.2 Å². The molecule has 6 nitrogen and oxygen atoms in total. The Kier molecular flexibility index (Phi) is 5.61. The number of rotatable bonds is 4. The van der Waals surface area contributed by atoms with Crippen molar-refractivity contribution in [3.05, 3.63) is 30.3 Å². The molecule has 1 heterocycles. The Morgan fingerprint density at radius 3 is 2.50 bits per heavy atom. The van der Waals surface area contributed by atoms with Crippen molar-refractivity contribution >= 4 is 31.7 Å². The van der Waals surface area contributed by atoms with Crippen LogP contribution in [-0.2, 0) is 18.7 Å². The number of carbonyl (C=O) groups excluding carboxylic acids is 1. The van der Waals surface area contributed by atoms with E-state index in [1.54, 1.807) is 12.1 Å². The molecule has 4 atom stereocenters. The molecule has 1 aromatic carbocycles. The lowest BCUT2D eigenvalue weighted by Crippen LogP contribution is -2.56. The summed E-state index contributed by atoms with van der Waals surface area (Å²) < 4.78 is 23.4. The molecule has 1 saturated carbocycles. The maximum atomic E-state index is 12.2. The van der Waals surface area contributed by atoms with Gasteiger partial charge in [0.05, 0.1) is 6.10 Å². The molecular weight excluding hydrogens is 396 g/mol. The average molecular weight is 425 g/mol. The number of hydrogen-bond donors (Lipinski definition) is 1. The van der Waals surface area contributed by atoms with Gasteiger partial charge in [0.25, 0.3) is 0 Å². The summed E-state index contributed by atoms with van der Waals surface area (Å²) in [6, 6.07) is 9.09. The highest BCUT2D eigenvalue weighted by atomic mass is 32.1. The normalized spacial score (nSPS) is 29.9. The maximum absolute atomic E-state index is 12.2. The smallest absolute Gasteiger partial charge is 0.358 e. The van der Waals surface area contributed by atoms with Crippen LogP contribution < -0.4 is 4.74 Å². The molecule has 3 rings (SSSR count). The highest BCUT2D eigenvalue weighted by Gasteiger charge is 2.60. The third-order valence-electron chi connectivity index (χ3n) is 5.88. The SMILES string of the molecule is CC(C)(C)[Si](C)(C)O[C@@H]1C[C@]2(O)C[C@@H](OC2=O)[C@@H]1OC(=S)Oc1ccccc1. The van der Waals surface area contributed by atoms with Gasteiger partial charge in [-0.25, -0.2) is 4.79 Å². The van der Waals surface area contributed by atoms with Crippen molar-refractivity contribution in [1.29, 1.82) is 0 Å². The number of esters is 1. The van der Waals surface area contributed by atoms with Gasteiger partial charge in [0.2, 0.25) is 0 Å². The molecule has 1 saturated heterocycles. The number of carbonyl (C=O) groups is 1. The lowest BCUT2D eigenvalue weighted by atomic mass is 9.82. The van der Waals surface area contributed by atoms with E-state index >= 15 is 0 Å². The molecule has 0 radical (unpaired) electrons. The van der Waals surface area contributed by atoms with E-state index in [9.17, 15) is 9.90 Å². The lowest BCUT2D eigenvalue weighted by molar-refractivity contribution is -0.154. The second-order valence-electron chi connectivity index (χ2n) is 9.05. The van der Waals surface area contributed by atoms with Crippen LogP contribution in [0.15, 0.2) is 30.3 Å². The fourth-order valence-electron chi connectivity index (χ4n) is 3.28. The number of ether oxygens (including phenoxy) is 3. The molecule has 0 aromatic heterocycles. The summed E-state index contributed by atoms with van der Waals surface area (Å²) in [5.74, 6) is -0.0626. The Balaban J connectivity index is 1.79. The topological polar surface area (TPSA) is 74.2 Å². The van der Waals surface area contributed by atoms with E-state index < -0.39 is 38.2 Å². The van der Waals surface area contributed by atoms with Gasteiger partial charge in [-0.15, -0.1) is 0 Å². The Hall–Kier alpha value is -1.48. The van der Waals surface area contributed by atoms with Crippen LogP contribution >= 0.6 is 12.2 Å².